The normalized spacial score (nSPS) is 21.1. The molecule has 0 saturated carbocycles. The Labute approximate surface area is 172 Å². The number of nitrogens with zero attached hydrogens (tertiary/aromatic N) is 2. The standard InChI is InChI=1S/C21H21N3O2S2/c1-13-2-7-18-15(8-13)9-19(28-18)21(26)24-12-27-11-17(24)20(25)23-16-5-3-14(10-22)4-6-16/h3-6,9,13,17H,2,7-8,11-12H2,1H3,(H,23,25). The average Bonchev–Trinajstić information content (AvgIpc) is 3.34. The Morgan fingerprint density at radius 2 is 2.07 bits per heavy atom. The van der Waals surface area contributed by atoms with Crippen molar-refractivity contribution in [3.63, 3.8) is 0 Å². The quantitative estimate of drug-likeness (QED) is 0.831. The lowest BCUT2D eigenvalue weighted by Gasteiger charge is -2.22. The third-order valence-electron chi connectivity index (χ3n) is 5.27. The summed E-state index contributed by atoms with van der Waals surface area (Å²) >= 11 is 3.19. The van der Waals surface area contributed by atoms with E-state index in [1.165, 1.54) is 16.9 Å². The molecule has 4 rings (SSSR count). The van der Waals surface area contributed by atoms with E-state index in [9.17, 15) is 9.59 Å². The second-order valence-corrected chi connectivity index (χ2v) is 9.51. The van der Waals surface area contributed by atoms with Crippen molar-refractivity contribution in [2.45, 2.75) is 32.2 Å². The van der Waals surface area contributed by atoms with E-state index in [0.717, 1.165) is 17.7 Å². The number of rotatable bonds is 3. The molecule has 1 aromatic carbocycles. The van der Waals surface area contributed by atoms with Crippen LogP contribution in [0.4, 0.5) is 5.69 Å². The number of benzene rings is 1. The molecule has 5 nitrogen and oxygen atoms in total. The van der Waals surface area contributed by atoms with Gasteiger partial charge in [0.25, 0.3) is 5.91 Å². The maximum absolute atomic E-state index is 13.1. The number of anilines is 1. The first-order chi connectivity index (χ1) is 13.5. The highest BCUT2D eigenvalue weighted by Crippen LogP contribution is 2.34. The van der Waals surface area contributed by atoms with Crippen LogP contribution in [-0.4, -0.2) is 34.4 Å². The van der Waals surface area contributed by atoms with Crippen LogP contribution in [0.2, 0.25) is 0 Å². The number of fused-ring (bicyclic) bond motifs is 1. The first kappa shape index (κ1) is 19.0. The van der Waals surface area contributed by atoms with E-state index in [2.05, 4.69) is 18.3 Å². The molecule has 144 valence electrons. The molecule has 1 fully saturated rings. The lowest BCUT2D eigenvalue weighted by molar-refractivity contribution is -0.119. The molecule has 1 aromatic heterocycles. The molecule has 2 unspecified atom stereocenters. The lowest BCUT2D eigenvalue weighted by atomic mass is 9.90. The van der Waals surface area contributed by atoms with Gasteiger partial charge >= 0.3 is 0 Å². The molecule has 2 aromatic rings. The highest BCUT2D eigenvalue weighted by molar-refractivity contribution is 7.99. The molecule has 0 radical (unpaired) electrons. The fraction of sp³-hybridized carbons (Fsp3) is 0.381. The molecule has 1 aliphatic heterocycles. The van der Waals surface area contributed by atoms with Crippen LogP contribution < -0.4 is 5.32 Å². The Hall–Kier alpha value is -2.30. The zero-order valence-corrected chi connectivity index (χ0v) is 17.2. The van der Waals surface area contributed by atoms with Crippen LogP contribution in [0.15, 0.2) is 30.3 Å². The Bertz CT molecular complexity index is 946. The summed E-state index contributed by atoms with van der Waals surface area (Å²) in [5, 5.41) is 11.8. The third-order valence-corrected chi connectivity index (χ3v) is 7.50. The number of amides is 2. The molecule has 1 N–H and O–H groups in total. The summed E-state index contributed by atoms with van der Waals surface area (Å²) in [6.07, 6.45) is 3.26. The summed E-state index contributed by atoms with van der Waals surface area (Å²) in [7, 11) is 0. The Morgan fingerprint density at radius 1 is 1.29 bits per heavy atom. The maximum atomic E-state index is 13.1. The number of hydrogen-bond donors (Lipinski definition) is 1. The maximum Gasteiger partial charge on any atom is 0.265 e. The molecular weight excluding hydrogens is 390 g/mol. The molecule has 1 saturated heterocycles. The first-order valence-corrected chi connectivity index (χ1v) is 11.3. The van der Waals surface area contributed by atoms with Gasteiger partial charge in [0.2, 0.25) is 5.91 Å². The van der Waals surface area contributed by atoms with Crippen LogP contribution in [0.1, 0.15) is 39.0 Å². The first-order valence-electron chi connectivity index (χ1n) is 9.36. The Morgan fingerprint density at radius 3 is 2.82 bits per heavy atom. The highest BCUT2D eigenvalue weighted by atomic mass is 32.2. The number of nitriles is 1. The molecule has 2 heterocycles. The van der Waals surface area contributed by atoms with Crippen molar-refractivity contribution in [3.8, 4) is 6.07 Å². The number of aryl methyl sites for hydroxylation is 1. The van der Waals surface area contributed by atoms with E-state index < -0.39 is 6.04 Å². The van der Waals surface area contributed by atoms with Crippen LogP contribution in [0.25, 0.3) is 0 Å². The van der Waals surface area contributed by atoms with Crippen LogP contribution in [-0.2, 0) is 17.6 Å². The highest BCUT2D eigenvalue weighted by Gasteiger charge is 2.36. The van der Waals surface area contributed by atoms with Crippen molar-refractivity contribution in [2.24, 2.45) is 5.92 Å². The van der Waals surface area contributed by atoms with Gasteiger partial charge in [0.1, 0.15) is 6.04 Å². The van der Waals surface area contributed by atoms with Crippen molar-refractivity contribution in [3.05, 3.63) is 51.2 Å². The second-order valence-electron chi connectivity index (χ2n) is 7.38. The zero-order chi connectivity index (χ0) is 19.7. The molecule has 2 atom stereocenters. The molecule has 2 amide bonds. The SMILES string of the molecule is CC1CCc2sc(C(=O)N3CSCC3C(=O)Nc3ccc(C#N)cc3)cc2C1. The summed E-state index contributed by atoms with van der Waals surface area (Å²) in [5.41, 5.74) is 2.48. The third kappa shape index (κ3) is 3.80. The molecular formula is C21H21N3O2S2. The van der Waals surface area contributed by atoms with E-state index in [1.807, 2.05) is 6.07 Å². The smallest absolute Gasteiger partial charge is 0.265 e. The minimum Gasteiger partial charge on any atom is -0.324 e. The van der Waals surface area contributed by atoms with Gasteiger partial charge in [-0.2, -0.15) is 5.26 Å². The van der Waals surface area contributed by atoms with Gasteiger partial charge < -0.3 is 10.2 Å². The van der Waals surface area contributed by atoms with Crippen molar-refractivity contribution in [1.82, 2.24) is 4.90 Å². The summed E-state index contributed by atoms with van der Waals surface area (Å²) < 4.78 is 0. The van der Waals surface area contributed by atoms with Crippen molar-refractivity contribution in [2.75, 3.05) is 16.9 Å². The number of thiophene rings is 1. The summed E-state index contributed by atoms with van der Waals surface area (Å²) in [6, 6.07) is 10.4. The lowest BCUT2D eigenvalue weighted by Crippen LogP contribution is -2.44. The number of carbonyl (C=O) groups is 2. The molecule has 7 heteroatoms. The van der Waals surface area contributed by atoms with Gasteiger partial charge in [-0.1, -0.05) is 6.92 Å². The van der Waals surface area contributed by atoms with Crippen LogP contribution >= 0.6 is 23.1 Å². The van der Waals surface area contributed by atoms with Gasteiger partial charge in [0, 0.05) is 16.3 Å². The van der Waals surface area contributed by atoms with Crippen LogP contribution in [0.5, 0.6) is 0 Å². The Kier molecular flexibility index (Phi) is 5.42. The van der Waals surface area contributed by atoms with Crippen molar-refractivity contribution < 1.29 is 9.59 Å². The van der Waals surface area contributed by atoms with Crippen LogP contribution in [0, 0.1) is 17.2 Å². The van der Waals surface area contributed by atoms with Gasteiger partial charge in [0.15, 0.2) is 0 Å². The minimum atomic E-state index is -0.480. The number of carbonyl (C=O) groups excluding carboxylic acids is 2. The van der Waals surface area contributed by atoms with Gasteiger partial charge in [0.05, 0.1) is 22.4 Å². The molecule has 0 spiro atoms. The predicted molar refractivity (Wildman–Crippen MR) is 113 cm³/mol. The number of hydrogen-bond acceptors (Lipinski definition) is 5. The van der Waals surface area contributed by atoms with E-state index >= 15 is 0 Å². The number of thioether (sulfide) groups is 1. The van der Waals surface area contributed by atoms with Gasteiger partial charge in [-0.05, 0) is 61.1 Å². The largest absolute Gasteiger partial charge is 0.324 e. The monoisotopic (exact) mass is 411 g/mol. The number of nitrogens with one attached hydrogen (secondary N) is 1. The second kappa shape index (κ2) is 7.98. The molecule has 2 aliphatic rings. The van der Waals surface area contributed by atoms with Gasteiger partial charge in [-0.15, -0.1) is 23.1 Å². The van der Waals surface area contributed by atoms with Crippen molar-refractivity contribution in [1.29, 1.82) is 5.26 Å². The molecule has 0 bridgehead atoms. The summed E-state index contributed by atoms with van der Waals surface area (Å²) in [4.78, 5) is 29.6. The van der Waals surface area contributed by atoms with Crippen LogP contribution in [0.3, 0.4) is 0 Å². The predicted octanol–water partition coefficient (Wildman–Crippen LogP) is 3.90. The summed E-state index contributed by atoms with van der Waals surface area (Å²) in [6.45, 7) is 2.25. The van der Waals surface area contributed by atoms with E-state index in [-0.39, 0.29) is 11.8 Å². The Balaban J connectivity index is 1.47. The van der Waals surface area contributed by atoms with E-state index in [4.69, 9.17) is 5.26 Å². The average molecular weight is 412 g/mol. The zero-order valence-electron chi connectivity index (χ0n) is 15.6. The van der Waals surface area contributed by atoms with Crippen molar-refractivity contribution >= 4 is 40.6 Å². The minimum absolute atomic E-state index is 0.0444. The fourth-order valence-corrected chi connectivity index (χ4v) is 5.98. The fourth-order valence-electron chi connectivity index (χ4n) is 3.67. The summed E-state index contributed by atoms with van der Waals surface area (Å²) in [5.74, 6) is 1.56. The van der Waals surface area contributed by atoms with Gasteiger partial charge in [-0.3, -0.25) is 9.59 Å². The topological polar surface area (TPSA) is 73.2 Å². The molecule has 1 aliphatic carbocycles. The van der Waals surface area contributed by atoms with Gasteiger partial charge in [-0.25, -0.2) is 0 Å². The molecule has 28 heavy (non-hydrogen) atoms. The van der Waals surface area contributed by atoms with E-state index in [1.54, 1.807) is 52.3 Å². The van der Waals surface area contributed by atoms with E-state index in [0.29, 0.717) is 28.8 Å².